The van der Waals surface area contributed by atoms with Gasteiger partial charge in [-0.2, -0.15) is 0 Å². The van der Waals surface area contributed by atoms with Crippen molar-refractivity contribution < 1.29 is 0 Å². The number of aryl methyl sites for hydroxylation is 1. The molecule has 0 saturated carbocycles. The van der Waals surface area contributed by atoms with Gasteiger partial charge in [-0.25, -0.2) is 4.98 Å². The van der Waals surface area contributed by atoms with E-state index in [9.17, 15) is 0 Å². The number of thiazole rings is 1. The molecule has 0 fully saturated rings. The predicted octanol–water partition coefficient (Wildman–Crippen LogP) is 4.00. The van der Waals surface area contributed by atoms with Crippen LogP contribution in [0, 0.1) is 0 Å². The summed E-state index contributed by atoms with van der Waals surface area (Å²) in [6, 6.07) is 8.65. The van der Waals surface area contributed by atoms with Crippen molar-refractivity contribution in [3.8, 4) is 0 Å². The van der Waals surface area contributed by atoms with E-state index in [1.165, 1.54) is 16.0 Å². The summed E-state index contributed by atoms with van der Waals surface area (Å²) in [7, 11) is 0. The summed E-state index contributed by atoms with van der Waals surface area (Å²) in [4.78, 5) is 5.70. The topological polar surface area (TPSA) is 38.9 Å². The lowest BCUT2D eigenvalue weighted by Gasteiger charge is -2.12. The second-order valence-corrected chi connectivity index (χ2v) is 5.92. The fraction of sp³-hybridized carbons (Fsp3) is 0.400. The molecule has 0 spiro atoms. The summed E-state index contributed by atoms with van der Waals surface area (Å²) in [6.07, 6.45) is 1.90. The molecule has 2 nitrogen and oxygen atoms in total. The zero-order chi connectivity index (χ0) is 13.1. The van der Waals surface area contributed by atoms with Gasteiger partial charge in [-0.3, -0.25) is 0 Å². The van der Waals surface area contributed by atoms with Gasteiger partial charge in [-0.15, -0.1) is 11.3 Å². The van der Waals surface area contributed by atoms with Gasteiger partial charge in [0.15, 0.2) is 5.13 Å². The molecule has 3 heteroatoms. The first-order chi connectivity index (χ1) is 8.61. The molecule has 0 bridgehead atoms. The average Bonchev–Trinajstić information content (AvgIpc) is 2.70. The molecule has 0 radical (unpaired) electrons. The maximum absolute atomic E-state index is 5.81. The number of benzene rings is 1. The highest BCUT2D eigenvalue weighted by Crippen LogP contribution is 2.27. The fourth-order valence-electron chi connectivity index (χ4n) is 2.25. The molecule has 0 unspecified atom stereocenters. The largest absolute Gasteiger partial charge is 0.375 e. The number of rotatable bonds is 4. The Kier molecular flexibility index (Phi) is 4.02. The number of nitrogen functional groups attached to an aromatic ring is 1. The zero-order valence-electron chi connectivity index (χ0n) is 11.2. The summed E-state index contributed by atoms with van der Waals surface area (Å²) < 4.78 is 0. The van der Waals surface area contributed by atoms with Crippen LogP contribution in [0.3, 0.4) is 0 Å². The van der Waals surface area contributed by atoms with Crippen LogP contribution >= 0.6 is 11.3 Å². The molecule has 2 aromatic rings. The van der Waals surface area contributed by atoms with Crippen LogP contribution in [0.4, 0.5) is 5.13 Å². The summed E-state index contributed by atoms with van der Waals surface area (Å²) in [5.41, 5.74) is 9.78. The number of hydrogen-bond donors (Lipinski definition) is 1. The summed E-state index contributed by atoms with van der Waals surface area (Å²) in [5.74, 6) is 0.552. The van der Waals surface area contributed by atoms with Gasteiger partial charge in [0.05, 0.1) is 5.69 Å². The van der Waals surface area contributed by atoms with Crippen LogP contribution in [0.25, 0.3) is 0 Å². The van der Waals surface area contributed by atoms with E-state index in [1.807, 2.05) is 0 Å². The quantitative estimate of drug-likeness (QED) is 0.902. The van der Waals surface area contributed by atoms with Crippen LogP contribution in [-0.2, 0) is 12.8 Å². The van der Waals surface area contributed by atoms with E-state index in [2.05, 4.69) is 50.0 Å². The van der Waals surface area contributed by atoms with Gasteiger partial charge in [-0.05, 0) is 23.5 Å². The monoisotopic (exact) mass is 260 g/mol. The predicted molar refractivity (Wildman–Crippen MR) is 79.2 cm³/mol. The molecule has 18 heavy (non-hydrogen) atoms. The van der Waals surface area contributed by atoms with Crippen molar-refractivity contribution in [1.29, 1.82) is 0 Å². The molecule has 2 rings (SSSR count). The molecule has 1 heterocycles. The molecule has 1 aromatic carbocycles. The van der Waals surface area contributed by atoms with Crippen LogP contribution in [-0.4, -0.2) is 4.98 Å². The zero-order valence-corrected chi connectivity index (χ0v) is 12.1. The molecule has 0 atom stereocenters. The lowest BCUT2D eigenvalue weighted by molar-refractivity contribution is 0.848. The Hall–Kier alpha value is -1.35. The van der Waals surface area contributed by atoms with Crippen LogP contribution in [0.1, 0.15) is 48.4 Å². The minimum atomic E-state index is 0.552. The number of anilines is 1. The van der Waals surface area contributed by atoms with Gasteiger partial charge < -0.3 is 5.73 Å². The van der Waals surface area contributed by atoms with Gasteiger partial charge >= 0.3 is 0 Å². The highest BCUT2D eigenvalue weighted by atomic mass is 32.1. The smallest absolute Gasteiger partial charge is 0.180 e. The Morgan fingerprint density at radius 1 is 1.28 bits per heavy atom. The maximum Gasteiger partial charge on any atom is 0.180 e. The first kappa shape index (κ1) is 13.1. The van der Waals surface area contributed by atoms with E-state index in [4.69, 9.17) is 5.73 Å². The van der Waals surface area contributed by atoms with Crippen LogP contribution in [0.2, 0.25) is 0 Å². The van der Waals surface area contributed by atoms with Crippen molar-refractivity contribution in [2.75, 3.05) is 5.73 Å². The van der Waals surface area contributed by atoms with E-state index in [0.717, 1.165) is 18.5 Å². The molecule has 0 aliphatic rings. The molecule has 96 valence electrons. The minimum Gasteiger partial charge on any atom is -0.375 e. The number of hydrogen-bond acceptors (Lipinski definition) is 3. The maximum atomic E-state index is 5.81. The van der Waals surface area contributed by atoms with E-state index in [0.29, 0.717) is 11.0 Å². The summed E-state index contributed by atoms with van der Waals surface area (Å²) in [6.45, 7) is 6.60. The van der Waals surface area contributed by atoms with Crippen molar-refractivity contribution in [1.82, 2.24) is 4.98 Å². The summed E-state index contributed by atoms with van der Waals surface area (Å²) in [5, 5.41) is 0.684. The highest BCUT2D eigenvalue weighted by Gasteiger charge is 2.12. The van der Waals surface area contributed by atoms with Gasteiger partial charge in [0, 0.05) is 11.3 Å². The Labute approximate surface area is 113 Å². The Morgan fingerprint density at radius 2 is 2.00 bits per heavy atom. The van der Waals surface area contributed by atoms with E-state index in [1.54, 1.807) is 11.3 Å². The highest BCUT2D eigenvalue weighted by molar-refractivity contribution is 7.15. The Bertz CT molecular complexity index is 529. The van der Waals surface area contributed by atoms with E-state index >= 15 is 0 Å². The first-order valence-corrected chi connectivity index (χ1v) is 7.25. The van der Waals surface area contributed by atoms with E-state index < -0.39 is 0 Å². The lowest BCUT2D eigenvalue weighted by Crippen LogP contribution is -1.98. The third-order valence-corrected chi connectivity index (χ3v) is 4.08. The van der Waals surface area contributed by atoms with Gasteiger partial charge in [0.25, 0.3) is 0 Å². The van der Waals surface area contributed by atoms with Gasteiger partial charge in [0.2, 0.25) is 0 Å². The van der Waals surface area contributed by atoms with Crippen molar-refractivity contribution >= 4 is 16.5 Å². The second-order valence-electron chi connectivity index (χ2n) is 4.81. The molecule has 1 aromatic heterocycles. The average molecular weight is 260 g/mol. The molecule has 0 amide bonds. The van der Waals surface area contributed by atoms with Crippen molar-refractivity contribution in [3.63, 3.8) is 0 Å². The molecule has 2 N–H and O–H groups in total. The standard InChI is InChI=1S/C15H20N2S/c1-4-13-14(18-15(16)17-13)9-11-7-5-6-8-12(11)10(2)3/h5-8,10H,4,9H2,1-3H3,(H2,16,17). The third-order valence-electron chi connectivity index (χ3n) is 3.16. The SMILES string of the molecule is CCc1nc(N)sc1Cc1ccccc1C(C)C. The Balaban J connectivity index is 2.33. The fourth-order valence-corrected chi connectivity index (χ4v) is 3.19. The molecule has 0 aliphatic carbocycles. The molecular formula is C15H20N2S. The molecular weight excluding hydrogens is 240 g/mol. The number of nitrogens with two attached hydrogens (primary N) is 1. The van der Waals surface area contributed by atoms with Gasteiger partial charge in [-0.1, -0.05) is 45.0 Å². The normalized spacial score (nSPS) is 11.1. The molecule has 0 saturated heterocycles. The summed E-state index contributed by atoms with van der Waals surface area (Å²) >= 11 is 1.62. The lowest BCUT2D eigenvalue weighted by atomic mass is 9.95. The Morgan fingerprint density at radius 3 is 2.67 bits per heavy atom. The minimum absolute atomic E-state index is 0.552. The second kappa shape index (κ2) is 5.53. The van der Waals surface area contributed by atoms with Crippen molar-refractivity contribution in [2.45, 2.75) is 39.5 Å². The van der Waals surface area contributed by atoms with Crippen LogP contribution < -0.4 is 5.73 Å². The first-order valence-electron chi connectivity index (χ1n) is 6.43. The third kappa shape index (κ3) is 2.72. The molecule has 0 aliphatic heterocycles. The van der Waals surface area contributed by atoms with Crippen LogP contribution in [0.15, 0.2) is 24.3 Å². The number of nitrogens with zero attached hydrogens (tertiary/aromatic N) is 1. The van der Waals surface area contributed by atoms with Crippen molar-refractivity contribution in [3.05, 3.63) is 46.0 Å². The van der Waals surface area contributed by atoms with E-state index in [-0.39, 0.29) is 0 Å². The number of aromatic nitrogens is 1. The van der Waals surface area contributed by atoms with Gasteiger partial charge in [0.1, 0.15) is 0 Å². The van der Waals surface area contributed by atoms with Crippen molar-refractivity contribution in [2.24, 2.45) is 0 Å². The van der Waals surface area contributed by atoms with Crippen LogP contribution in [0.5, 0.6) is 0 Å².